The van der Waals surface area contributed by atoms with Gasteiger partial charge in [-0.05, 0) is 0 Å². The van der Waals surface area contributed by atoms with Crippen LogP contribution in [0.5, 0.6) is 0 Å². The zero-order valence-electron chi connectivity index (χ0n) is 9.23. The smallest absolute Gasteiger partial charge is 0.383 e. The Hall–Kier alpha value is -0.250. The van der Waals surface area contributed by atoms with Gasteiger partial charge in [0.25, 0.3) is 0 Å². The molecule has 0 aromatic heterocycles. The molecule has 0 aliphatic carbocycles. The van der Waals surface area contributed by atoms with E-state index in [4.69, 9.17) is 4.74 Å². The Bertz CT molecular complexity index is 199. The van der Waals surface area contributed by atoms with E-state index in [0.29, 0.717) is 19.1 Å². The van der Waals surface area contributed by atoms with Crippen molar-refractivity contribution in [2.75, 3.05) is 33.9 Å². The average molecular weight is 355 g/mol. The summed E-state index contributed by atoms with van der Waals surface area (Å²) in [5, 5.41) is 5.35. The third-order valence-electron chi connectivity index (χ3n) is 1.52. The molecule has 0 radical (unpaired) electrons. The predicted octanol–water partition coefficient (Wildman–Crippen LogP) is 1.37. The molecule has 0 atom stereocenters. The molecular weight excluding hydrogens is 338 g/mol. The van der Waals surface area contributed by atoms with Gasteiger partial charge in [0, 0.05) is 27.2 Å². The van der Waals surface area contributed by atoms with Crippen molar-refractivity contribution in [3.05, 3.63) is 0 Å². The first-order valence-electron chi connectivity index (χ1n) is 4.50. The summed E-state index contributed by atoms with van der Waals surface area (Å²) in [5.41, 5.74) is 0. The maximum absolute atomic E-state index is 11.8. The summed E-state index contributed by atoms with van der Waals surface area (Å²) in [7, 11) is 3.04. The fourth-order valence-electron chi connectivity index (χ4n) is 0.815. The molecule has 0 bridgehead atoms. The highest BCUT2D eigenvalue weighted by Crippen LogP contribution is 2.17. The van der Waals surface area contributed by atoms with Crippen LogP contribution in [0.2, 0.25) is 0 Å². The minimum absolute atomic E-state index is 0. The van der Waals surface area contributed by atoms with E-state index in [2.05, 4.69) is 15.6 Å². The fourth-order valence-corrected chi connectivity index (χ4v) is 0.815. The predicted molar refractivity (Wildman–Crippen MR) is 67.3 cm³/mol. The average Bonchev–Trinajstić information content (AvgIpc) is 2.14. The number of nitrogens with one attached hydrogen (secondary N) is 2. The van der Waals surface area contributed by atoms with E-state index in [0.717, 1.165) is 0 Å². The maximum Gasteiger partial charge on any atom is 0.390 e. The molecule has 0 unspecified atom stereocenters. The third-order valence-corrected chi connectivity index (χ3v) is 1.52. The van der Waals surface area contributed by atoms with E-state index in [9.17, 15) is 13.2 Å². The number of halogens is 4. The Morgan fingerprint density at radius 2 is 1.81 bits per heavy atom. The lowest BCUT2D eigenvalue weighted by molar-refractivity contribution is -0.132. The molecule has 4 nitrogen and oxygen atoms in total. The van der Waals surface area contributed by atoms with Gasteiger partial charge in [-0.25, -0.2) is 0 Å². The summed E-state index contributed by atoms with van der Waals surface area (Å²) in [6, 6.07) is 0. The van der Waals surface area contributed by atoms with Gasteiger partial charge in [-0.2, -0.15) is 13.2 Å². The van der Waals surface area contributed by atoms with Gasteiger partial charge in [0.1, 0.15) is 0 Å². The van der Waals surface area contributed by atoms with Gasteiger partial charge < -0.3 is 15.4 Å². The van der Waals surface area contributed by atoms with Crippen LogP contribution in [-0.2, 0) is 4.74 Å². The van der Waals surface area contributed by atoms with Crippen LogP contribution in [0, 0.1) is 0 Å². The Balaban J connectivity index is 0. The molecule has 0 spiro atoms. The molecule has 0 amide bonds. The second-order valence-electron chi connectivity index (χ2n) is 2.78. The van der Waals surface area contributed by atoms with Crippen LogP contribution in [-0.4, -0.2) is 46.0 Å². The van der Waals surface area contributed by atoms with Crippen molar-refractivity contribution in [2.45, 2.75) is 12.6 Å². The second kappa shape index (κ2) is 9.94. The largest absolute Gasteiger partial charge is 0.390 e. The number of guanidine groups is 1. The molecule has 98 valence electrons. The fraction of sp³-hybridized carbons (Fsp3) is 0.875. The Labute approximate surface area is 110 Å². The standard InChI is InChI=1S/C8H16F3N3O.HI/c1-12-7(14-5-6-15-2)13-4-3-8(9,10)11;/h3-6H2,1-2H3,(H2,12,13,14);1H. The van der Waals surface area contributed by atoms with E-state index >= 15 is 0 Å². The molecule has 0 aromatic carbocycles. The van der Waals surface area contributed by atoms with Crippen LogP contribution in [0.1, 0.15) is 6.42 Å². The van der Waals surface area contributed by atoms with Crippen molar-refractivity contribution in [1.82, 2.24) is 10.6 Å². The van der Waals surface area contributed by atoms with E-state index in [1.165, 1.54) is 7.05 Å². The molecule has 0 aliphatic heterocycles. The molecule has 2 N–H and O–H groups in total. The number of hydrogen-bond donors (Lipinski definition) is 2. The van der Waals surface area contributed by atoms with Crippen molar-refractivity contribution >= 4 is 29.9 Å². The van der Waals surface area contributed by atoms with E-state index in [1.54, 1.807) is 7.11 Å². The summed E-state index contributed by atoms with van der Waals surface area (Å²) < 4.78 is 40.2. The van der Waals surface area contributed by atoms with E-state index in [1.807, 2.05) is 0 Å². The number of ether oxygens (including phenoxy) is 1. The van der Waals surface area contributed by atoms with Gasteiger partial charge in [-0.15, -0.1) is 24.0 Å². The summed E-state index contributed by atoms with van der Waals surface area (Å²) in [6.45, 7) is 0.790. The molecule has 8 heteroatoms. The minimum atomic E-state index is -4.14. The summed E-state index contributed by atoms with van der Waals surface area (Å²) in [5.74, 6) is 0.344. The first kappa shape index (κ1) is 18.1. The van der Waals surface area contributed by atoms with Crippen LogP contribution in [0.4, 0.5) is 13.2 Å². The van der Waals surface area contributed by atoms with Gasteiger partial charge >= 0.3 is 6.18 Å². The molecule has 16 heavy (non-hydrogen) atoms. The number of methoxy groups -OCH3 is 1. The quantitative estimate of drug-likeness (QED) is 0.339. The highest BCUT2D eigenvalue weighted by Gasteiger charge is 2.26. The zero-order chi connectivity index (χ0) is 11.7. The molecule has 0 saturated carbocycles. The highest BCUT2D eigenvalue weighted by atomic mass is 127. The number of rotatable bonds is 5. The van der Waals surface area contributed by atoms with Gasteiger partial charge in [-0.3, -0.25) is 4.99 Å². The van der Waals surface area contributed by atoms with E-state index in [-0.39, 0.29) is 30.5 Å². The molecule has 0 aromatic rings. The van der Waals surface area contributed by atoms with Gasteiger partial charge in [-0.1, -0.05) is 0 Å². The monoisotopic (exact) mass is 355 g/mol. The SMILES string of the molecule is CN=C(NCCOC)NCCC(F)(F)F.I. The van der Waals surface area contributed by atoms with E-state index < -0.39 is 12.6 Å². The lowest BCUT2D eigenvalue weighted by Gasteiger charge is -2.12. The molecule has 0 heterocycles. The van der Waals surface area contributed by atoms with Crippen LogP contribution < -0.4 is 10.6 Å². The molecule has 0 saturated heterocycles. The van der Waals surface area contributed by atoms with Crippen molar-refractivity contribution in [2.24, 2.45) is 4.99 Å². The molecule has 0 rings (SSSR count). The number of nitrogens with zero attached hydrogens (tertiary/aromatic N) is 1. The molecular formula is C8H17F3IN3O. The summed E-state index contributed by atoms with van der Waals surface area (Å²) in [4.78, 5) is 3.75. The Morgan fingerprint density at radius 1 is 1.25 bits per heavy atom. The lowest BCUT2D eigenvalue weighted by atomic mass is 10.4. The van der Waals surface area contributed by atoms with Crippen molar-refractivity contribution in [1.29, 1.82) is 0 Å². The second-order valence-corrected chi connectivity index (χ2v) is 2.78. The van der Waals surface area contributed by atoms with Gasteiger partial charge in [0.2, 0.25) is 0 Å². The zero-order valence-corrected chi connectivity index (χ0v) is 11.6. The number of aliphatic imine (C=N–C) groups is 1. The number of alkyl halides is 3. The molecule has 0 aliphatic rings. The maximum atomic E-state index is 11.8. The summed E-state index contributed by atoms with van der Waals surface area (Å²) in [6.07, 6.45) is -5.02. The Morgan fingerprint density at radius 3 is 2.25 bits per heavy atom. The third kappa shape index (κ3) is 11.8. The topological polar surface area (TPSA) is 45.7 Å². The van der Waals surface area contributed by atoms with Crippen LogP contribution in [0.25, 0.3) is 0 Å². The van der Waals surface area contributed by atoms with Gasteiger partial charge in [0.15, 0.2) is 5.96 Å². The van der Waals surface area contributed by atoms with Crippen molar-refractivity contribution < 1.29 is 17.9 Å². The molecule has 0 fully saturated rings. The Kier molecular flexibility index (Phi) is 11.3. The number of hydrogen-bond acceptors (Lipinski definition) is 2. The van der Waals surface area contributed by atoms with Crippen molar-refractivity contribution in [3.63, 3.8) is 0 Å². The van der Waals surface area contributed by atoms with Gasteiger partial charge in [0.05, 0.1) is 13.0 Å². The summed E-state index contributed by atoms with van der Waals surface area (Å²) >= 11 is 0. The normalized spacial score (nSPS) is 11.9. The van der Waals surface area contributed by atoms with Crippen LogP contribution in [0.15, 0.2) is 4.99 Å². The lowest BCUT2D eigenvalue weighted by Crippen LogP contribution is -2.40. The highest BCUT2D eigenvalue weighted by molar-refractivity contribution is 14.0. The van der Waals surface area contributed by atoms with Crippen LogP contribution in [0.3, 0.4) is 0 Å². The van der Waals surface area contributed by atoms with Crippen LogP contribution >= 0.6 is 24.0 Å². The first-order chi connectivity index (χ1) is 6.99. The first-order valence-corrected chi connectivity index (χ1v) is 4.50. The van der Waals surface area contributed by atoms with Crippen molar-refractivity contribution in [3.8, 4) is 0 Å². The minimum Gasteiger partial charge on any atom is -0.383 e.